The van der Waals surface area contributed by atoms with Gasteiger partial charge in [-0.1, -0.05) is 0 Å². The van der Waals surface area contributed by atoms with Crippen molar-refractivity contribution >= 4 is 48.8 Å². The molecule has 1 atom stereocenters. The molecule has 2 rings (SSSR count). The lowest BCUT2D eigenvalue weighted by Gasteiger charge is -2.21. The molecular weight excluding hydrogens is 394 g/mol. The summed E-state index contributed by atoms with van der Waals surface area (Å²) in [6.07, 6.45) is 1.10. The number of aromatic hydroxyl groups is 1. The highest BCUT2D eigenvalue weighted by atomic mass is 32.2. The summed E-state index contributed by atoms with van der Waals surface area (Å²) in [5.41, 5.74) is 0.448. The maximum absolute atomic E-state index is 11.6. The molecule has 2 aromatic carbocycles. The summed E-state index contributed by atoms with van der Waals surface area (Å²) in [5.74, 6) is -0.652. The molecule has 0 spiro atoms. The Balaban J connectivity index is 2.90. The van der Waals surface area contributed by atoms with Gasteiger partial charge in [-0.3, -0.25) is 4.21 Å². The van der Waals surface area contributed by atoms with E-state index in [-0.39, 0.29) is 38.7 Å². The first-order valence-corrected chi connectivity index (χ1v) is 10.6. The Kier molecular flexibility index (Phi) is 6.23. The maximum Gasteiger partial charge on any atom is 0.165 e. The molecule has 0 bridgehead atoms. The van der Waals surface area contributed by atoms with Gasteiger partial charge in [0.2, 0.25) is 0 Å². The molecule has 0 radical (unpaired) electrons. The van der Waals surface area contributed by atoms with Crippen LogP contribution in [0.2, 0.25) is 0 Å². The second-order valence-corrected chi connectivity index (χ2v) is 8.71. The zero-order chi connectivity index (χ0) is 20.4. The Morgan fingerprint density at radius 1 is 1.15 bits per heavy atom. The van der Waals surface area contributed by atoms with Crippen LogP contribution in [0.5, 0.6) is 5.75 Å². The number of nitrogens with zero attached hydrogens (tertiary/aromatic N) is 5. The van der Waals surface area contributed by atoms with Crippen molar-refractivity contribution < 1.29 is 22.3 Å². The van der Waals surface area contributed by atoms with E-state index in [0.29, 0.717) is 5.69 Å². The van der Waals surface area contributed by atoms with E-state index >= 15 is 0 Å². The predicted molar refractivity (Wildman–Crippen MR) is 102 cm³/mol. The lowest BCUT2D eigenvalue weighted by atomic mass is 10.0. The second kappa shape index (κ2) is 8.06. The highest BCUT2D eigenvalue weighted by molar-refractivity contribution is 7.90. The van der Waals surface area contributed by atoms with Gasteiger partial charge in [0.05, 0.1) is 10.6 Å². The van der Waals surface area contributed by atoms with Crippen LogP contribution in [0.15, 0.2) is 43.6 Å². The number of azo groups is 2. The first-order chi connectivity index (χ1) is 12.6. The van der Waals surface area contributed by atoms with Gasteiger partial charge >= 0.3 is 0 Å². The Morgan fingerprint density at radius 3 is 2.26 bits per heavy atom. The quantitative estimate of drug-likeness (QED) is 0.570. The van der Waals surface area contributed by atoms with Gasteiger partial charge in [0.25, 0.3) is 0 Å². The number of benzene rings is 2. The number of phenolic OH excluding ortho intramolecular Hbond substituents is 1. The van der Waals surface area contributed by atoms with Gasteiger partial charge < -0.3 is 14.6 Å². The molecule has 10 nitrogen and oxygen atoms in total. The van der Waals surface area contributed by atoms with Gasteiger partial charge in [0, 0.05) is 38.2 Å². The van der Waals surface area contributed by atoms with Crippen LogP contribution in [0.25, 0.3) is 10.8 Å². The Hall–Kier alpha value is -2.44. The number of anilines is 1. The summed E-state index contributed by atoms with van der Waals surface area (Å²) in [6.45, 7) is 0. The van der Waals surface area contributed by atoms with Crippen molar-refractivity contribution in [2.75, 3.05) is 38.2 Å². The molecule has 0 aliphatic heterocycles. The standard InChI is InChI=1S/C15H19N5O5S2/c1-16-18-13-10-7-12(26(22)23)14(19-17-2)15(21)9(10)5-6-11(13)20(3)8-27(4,24)25/h5-7,21H,8H2,1-4H3,(H,22,23)/p-1. The first-order valence-electron chi connectivity index (χ1n) is 7.51. The van der Waals surface area contributed by atoms with Crippen LogP contribution in [0, 0.1) is 0 Å². The highest BCUT2D eigenvalue weighted by Crippen LogP contribution is 2.46. The summed E-state index contributed by atoms with van der Waals surface area (Å²) >= 11 is -2.70. The molecule has 146 valence electrons. The smallest absolute Gasteiger partial charge is 0.165 e. The van der Waals surface area contributed by atoms with E-state index in [4.69, 9.17) is 0 Å². The van der Waals surface area contributed by atoms with Crippen molar-refractivity contribution in [1.82, 2.24) is 0 Å². The molecule has 1 N–H and O–H groups in total. The molecule has 2 aromatic rings. The van der Waals surface area contributed by atoms with E-state index in [1.165, 1.54) is 31.1 Å². The first kappa shape index (κ1) is 20.9. The number of sulfone groups is 1. The van der Waals surface area contributed by atoms with Gasteiger partial charge in [-0.15, -0.1) is 0 Å². The van der Waals surface area contributed by atoms with Gasteiger partial charge in [0.1, 0.15) is 17.3 Å². The van der Waals surface area contributed by atoms with Crippen LogP contribution in [-0.2, 0) is 20.9 Å². The predicted octanol–water partition coefficient (Wildman–Crippen LogP) is 2.65. The Morgan fingerprint density at radius 2 is 1.74 bits per heavy atom. The third-order valence-corrected chi connectivity index (χ3v) is 5.13. The molecule has 0 fully saturated rings. The zero-order valence-electron chi connectivity index (χ0n) is 15.1. The highest BCUT2D eigenvalue weighted by Gasteiger charge is 2.20. The number of rotatable bonds is 6. The van der Waals surface area contributed by atoms with E-state index in [2.05, 4.69) is 20.5 Å². The molecular formula is C15H18N5O5S2-. The normalized spacial score (nSPS) is 13.7. The molecule has 1 unspecified atom stereocenters. The van der Waals surface area contributed by atoms with E-state index in [9.17, 15) is 22.3 Å². The van der Waals surface area contributed by atoms with Gasteiger partial charge in [-0.05, 0) is 29.3 Å². The van der Waals surface area contributed by atoms with E-state index in [1.807, 2.05) is 0 Å². The molecule has 0 amide bonds. The largest absolute Gasteiger partial charge is 0.768 e. The van der Waals surface area contributed by atoms with Crippen molar-refractivity contribution in [2.24, 2.45) is 20.5 Å². The number of fused-ring (bicyclic) bond motifs is 1. The number of phenols is 1. The van der Waals surface area contributed by atoms with Crippen molar-refractivity contribution in [2.45, 2.75) is 4.90 Å². The van der Waals surface area contributed by atoms with Crippen LogP contribution in [0.1, 0.15) is 0 Å². The van der Waals surface area contributed by atoms with Crippen LogP contribution >= 0.6 is 0 Å². The number of hydrogen-bond donors (Lipinski definition) is 1. The van der Waals surface area contributed by atoms with Crippen molar-refractivity contribution in [3.05, 3.63) is 18.2 Å². The molecule has 0 aromatic heterocycles. The average Bonchev–Trinajstić information content (AvgIpc) is 2.56. The minimum atomic E-state index is -3.32. The fourth-order valence-electron chi connectivity index (χ4n) is 2.65. The third-order valence-electron chi connectivity index (χ3n) is 3.60. The van der Waals surface area contributed by atoms with Crippen molar-refractivity contribution in [3.63, 3.8) is 0 Å². The fourth-order valence-corrected chi connectivity index (χ4v) is 4.00. The summed E-state index contributed by atoms with van der Waals surface area (Å²) in [4.78, 5) is 1.18. The van der Waals surface area contributed by atoms with E-state index in [0.717, 1.165) is 6.26 Å². The molecule has 12 heteroatoms. The summed E-state index contributed by atoms with van der Waals surface area (Å²) in [6, 6.07) is 4.39. The average molecular weight is 412 g/mol. The zero-order valence-corrected chi connectivity index (χ0v) is 16.7. The number of hydrogen-bond acceptors (Lipinski definition) is 10. The van der Waals surface area contributed by atoms with Crippen molar-refractivity contribution in [3.8, 4) is 5.75 Å². The minimum absolute atomic E-state index is 0.185. The van der Waals surface area contributed by atoms with Crippen LogP contribution in [-0.4, -0.2) is 55.6 Å². The monoisotopic (exact) mass is 412 g/mol. The SMILES string of the molecule is CN=Nc1c(S(=O)[O-])cc2c(N=NC)c(N(C)CS(C)(=O)=O)ccc2c1O. The van der Waals surface area contributed by atoms with Gasteiger partial charge in [-0.2, -0.15) is 20.5 Å². The van der Waals surface area contributed by atoms with E-state index < -0.39 is 20.9 Å². The maximum atomic E-state index is 11.6. The Bertz CT molecular complexity index is 1070. The summed E-state index contributed by atoms with van der Waals surface area (Å²) in [5, 5.41) is 26.1. The summed E-state index contributed by atoms with van der Waals surface area (Å²) < 4.78 is 46.5. The fraction of sp³-hybridized carbons (Fsp3) is 0.333. The van der Waals surface area contributed by atoms with Crippen LogP contribution in [0.3, 0.4) is 0 Å². The lowest BCUT2D eigenvalue weighted by molar-refractivity contribution is 0.480. The van der Waals surface area contributed by atoms with Crippen LogP contribution < -0.4 is 4.90 Å². The Labute approximate surface area is 158 Å². The molecule has 0 saturated heterocycles. The topological polar surface area (TPSA) is 147 Å². The second-order valence-electron chi connectivity index (χ2n) is 5.69. The minimum Gasteiger partial charge on any atom is -0.768 e. The van der Waals surface area contributed by atoms with Gasteiger partial charge in [-0.25, -0.2) is 8.42 Å². The molecule has 0 aliphatic carbocycles. The molecule has 0 saturated carbocycles. The van der Waals surface area contributed by atoms with Gasteiger partial charge in [0.15, 0.2) is 15.6 Å². The summed E-state index contributed by atoms with van der Waals surface area (Å²) in [7, 11) is 1.01. The molecule has 0 aliphatic rings. The molecule has 0 heterocycles. The van der Waals surface area contributed by atoms with E-state index in [1.54, 1.807) is 13.1 Å². The van der Waals surface area contributed by atoms with Crippen molar-refractivity contribution in [1.29, 1.82) is 0 Å². The lowest BCUT2D eigenvalue weighted by Crippen LogP contribution is -2.24. The third kappa shape index (κ3) is 4.46. The molecule has 27 heavy (non-hydrogen) atoms. The van der Waals surface area contributed by atoms with Crippen LogP contribution in [0.4, 0.5) is 17.1 Å².